The van der Waals surface area contributed by atoms with E-state index in [0.717, 1.165) is 11.6 Å². The SMILES string of the molecule is CONC(=O)c1ccc(C)c(Nc2nc(Cl)c(F)cc2C#N)c1. The Morgan fingerprint density at radius 3 is 2.83 bits per heavy atom. The lowest BCUT2D eigenvalue weighted by atomic mass is 10.1. The summed E-state index contributed by atoms with van der Waals surface area (Å²) in [4.78, 5) is 20.2. The van der Waals surface area contributed by atoms with Crippen LogP contribution in [-0.4, -0.2) is 18.0 Å². The molecule has 8 heteroatoms. The second-order valence-corrected chi connectivity index (χ2v) is 4.92. The summed E-state index contributed by atoms with van der Waals surface area (Å²) in [5.41, 5.74) is 3.87. The fourth-order valence-electron chi connectivity index (χ4n) is 1.82. The fraction of sp³-hybridized carbons (Fsp3) is 0.133. The normalized spacial score (nSPS) is 10.0. The molecule has 1 amide bonds. The van der Waals surface area contributed by atoms with Crippen LogP contribution in [0.25, 0.3) is 0 Å². The van der Waals surface area contributed by atoms with Gasteiger partial charge >= 0.3 is 0 Å². The van der Waals surface area contributed by atoms with Gasteiger partial charge in [0.15, 0.2) is 11.0 Å². The molecule has 0 aliphatic rings. The van der Waals surface area contributed by atoms with Gasteiger partial charge in [-0.3, -0.25) is 9.63 Å². The van der Waals surface area contributed by atoms with Crippen LogP contribution < -0.4 is 10.8 Å². The van der Waals surface area contributed by atoms with E-state index in [1.54, 1.807) is 25.1 Å². The van der Waals surface area contributed by atoms with Gasteiger partial charge in [0.1, 0.15) is 11.9 Å². The molecule has 1 aromatic heterocycles. The van der Waals surface area contributed by atoms with E-state index in [9.17, 15) is 9.18 Å². The van der Waals surface area contributed by atoms with E-state index in [1.807, 2.05) is 6.07 Å². The summed E-state index contributed by atoms with van der Waals surface area (Å²) in [6, 6.07) is 7.72. The first-order valence-corrected chi connectivity index (χ1v) is 6.81. The van der Waals surface area contributed by atoms with Crippen molar-refractivity contribution < 1.29 is 14.0 Å². The second kappa shape index (κ2) is 7.05. The van der Waals surface area contributed by atoms with Crippen LogP contribution in [0.15, 0.2) is 24.3 Å². The van der Waals surface area contributed by atoms with Crippen LogP contribution in [0.2, 0.25) is 5.15 Å². The molecule has 0 radical (unpaired) electrons. The molecule has 2 N–H and O–H groups in total. The number of rotatable bonds is 4. The lowest BCUT2D eigenvalue weighted by Gasteiger charge is -2.12. The van der Waals surface area contributed by atoms with E-state index in [0.29, 0.717) is 11.3 Å². The number of hydroxylamine groups is 1. The van der Waals surface area contributed by atoms with Gasteiger partial charge in [-0.05, 0) is 30.7 Å². The van der Waals surface area contributed by atoms with Crippen molar-refractivity contribution >= 4 is 29.0 Å². The van der Waals surface area contributed by atoms with Crippen molar-refractivity contribution in [3.05, 3.63) is 51.9 Å². The first kappa shape index (κ1) is 16.7. The number of carbonyl (C=O) groups excluding carboxylic acids is 1. The highest BCUT2D eigenvalue weighted by atomic mass is 35.5. The van der Waals surface area contributed by atoms with E-state index in [2.05, 4.69) is 20.6 Å². The summed E-state index contributed by atoms with van der Waals surface area (Å²) < 4.78 is 13.4. The van der Waals surface area contributed by atoms with Gasteiger partial charge in [0.25, 0.3) is 5.91 Å². The van der Waals surface area contributed by atoms with E-state index in [4.69, 9.17) is 16.9 Å². The molecule has 0 saturated carbocycles. The Hall–Kier alpha value is -2.69. The van der Waals surface area contributed by atoms with Gasteiger partial charge in [-0.15, -0.1) is 0 Å². The zero-order valence-corrected chi connectivity index (χ0v) is 13.0. The van der Waals surface area contributed by atoms with Gasteiger partial charge in [-0.2, -0.15) is 5.26 Å². The van der Waals surface area contributed by atoms with Gasteiger partial charge in [0.2, 0.25) is 0 Å². The van der Waals surface area contributed by atoms with Gasteiger partial charge in [-0.1, -0.05) is 17.7 Å². The Balaban J connectivity index is 2.41. The predicted molar refractivity (Wildman–Crippen MR) is 82.9 cm³/mol. The third kappa shape index (κ3) is 3.74. The molecule has 0 atom stereocenters. The third-order valence-corrected chi connectivity index (χ3v) is 3.27. The number of nitrogens with one attached hydrogen (secondary N) is 2. The highest BCUT2D eigenvalue weighted by Gasteiger charge is 2.13. The summed E-state index contributed by atoms with van der Waals surface area (Å²) in [6.07, 6.45) is 0. The standard InChI is InChI=1S/C15H12ClFN4O2/c1-8-3-4-9(15(22)21-23-2)6-12(8)19-14-10(7-18)5-11(17)13(16)20-14/h3-6H,1-2H3,(H,19,20)(H,21,22). The molecule has 0 bridgehead atoms. The minimum absolute atomic E-state index is 0.00181. The fourth-order valence-corrected chi connectivity index (χ4v) is 1.96. The maximum Gasteiger partial charge on any atom is 0.274 e. The highest BCUT2D eigenvalue weighted by molar-refractivity contribution is 6.29. The van der Waals surface area contributed by atoms with E-state index >= 15 is 0 Å². The molecule has 2 aromatic rings. The summed E-state index contributed by atoms with van der Waals surface area (Å²) >= 11 is 5.66. The van der Waals surface area contributed by atoms with Crippen LogP contribution in [0.1, 0.15) is 21.5 Å². The van der Waals surface area contributed by atoms with Crippen molar-refractivity contribution in [3.63, 3.8) is 0 Å². The van der Waals surface area contributed by atoms with Crippen LogP contribution in [0.4, 0.5) is 15.9 Å². The van der Waals surface area contributed by atoms with Gasteiger partial charge in [-0.25, -0.2) is 14.9 Å². The molecular formula is C15H12ClFN4O2. The lowest BCUT2D eigenvalue weighted by Crippen LogP contribution is -2.21. The number of hydrogen-bond donors (Lipinski definition) is 2. The summed E-state index contributed by atoms with van der Waals surface area (Å²) in [6.45, 7) is 1.80. The first-order chi connectivity index (χ1) is 11.0. The minimum atomic E-state index is -0.779. The summed E-state index contributed by atoms with van der Waals surface area (Å²) in [7, 11) is 1.33. The number of pyridine rings is 1. The Morgan fingerprint density at radius 1 is 1.43 bits per heavy atom. The van der Waals surface area contributed by atoms with E-state index < -0.39 is 11.7 Å². The molecule has 0 spiro atoms. The first-order valence-electron chi connectivity index (χ1n) is 6.43. The topological polar surface area (TPSA) is 87.0 Å². The van der Waals surface area contributed by atoms with Crippen LogP contribution >= 0.6 is 11.6 Å². The van der Waals surface area contributed by atoms with Crippen molar-refractivity contribution in [2.75, 3.05) is 12.4 Å². The Labute approximate surface area is 136 Å². The van der Waals surface area contributed by atoms with Gasteiger partial charge in [0, 0.05) is 11.3 Å². The van der Waals surface area contributed by atoms with E-state index in [1.165, 1.54) is 7.11 Å². The van der Waals surface area contributed by atoms with Crippen LogP contribution in [-0.2, 0) is 4.84 Å². The van der Waals surface area contributed by atoms with Crippen molar-refractivity contribution in [2.45, 2.75) is 6.92 Å². The van der Waals surface area contributed by atoms with Crippen LogP contribution in [0.3, 0.4) is 0 Å². The lowest BCUT2D eigenvalue weighted by molar-refractivity contribution is 0.0537. The monoisotopic (exact) mass is 334 g/mol. The molecule has 0 aliphatic carbocycles. The summed E-state index contributed by atoms with van der Waals surface area (Å²) in [5.74, 6) is -1.11. The molecule has 1 heterocycles. The van der Waals surface area contributed by atoms with Crippen molar-refractivity contribution in [2.24, 2.45) is 0 Å². The summed E-state index contributed by atoms with van der Waals surface area (Å²) in [5, 5.41) is 11.6. The molecule has 0 saturated heterocycles. The Kier molecular flexibility index (Phi) is 5.11. The quantitative estimate of drug-likeness (QED) is 0.662. The predicted octanol–water partition coefficient (Wildman–Crippen LogP) is 3.09. The largest absolute Gasteiger partial charge is 0.339 e. The smallest absolute Gasteiger partial charge is 0.274 e. The maximum atomic E-state index is 13.4. The third-order valence-electron chi connectivity index (χ3n) is 3.00. The van der Waals surface area contributed by atoms with Crippen molar-refractivity contribution in [3.8, 4) is 6.07 Å². The molecule has 6 nitrogen and oxygen atoms in total. The number of aryl methyl sites for hydroxylation is 1. The number of carbonyl (C=O) groups is 1. The number of hydrogen-bond acceptors (Lipinski definition) is 5. The van der Waals surface area contributed by atoms with Gasteiger partial charge < -0.3 is 5.32 Å². The molecule has 1 aromatic carbocycles. The van der Waals surface area contributed by atoms with Gasteiger partial charge in [0.05, 0.1) is 12.7 Å². The zero-order chi connectivity index (χ0) is 17.0. The zero-order valence-electron chi connectivity index (χ0n) is 12.3. The van der Waals surface area contributed by atoms with E-state index in [-0.39, 0.29) is 16.5 Å². The minimum Gasteiger partial charge on any atom is -0.339 e. The number of halogens is 2. The highest BCUT2D eigenvalue weighted by Crippen LogP contribution is 2.25. The molecule has 0 fully saturated rings. The Bertz CT molecular complexity index is 805. The van der Waals surface area contributed by atoms with Crippen molar-refractivity contribution in [1.29, 1.82) is 5.26 Å². The molecule has 2 rings (SSSR count). The second-order valence-electron chi connectivity index (χ2n) is 4.56. The number of aromatic nitrogens is 1. The van der Waals surface area contributed by atoms with Crippen LogP contribution in [0, 0.1) is 24.1 Å². The average molecular weight is 335 g/mol. The molecule has 0 unspecified atom stereocenters. The number of nitriles is 1. The molecular weight excluding hydrogens is 323 g/mol. The number of anilines is 2. The van der Waals surface area contributed by atoms with Crippen LogP contribution in [0.5, 0.6) is 0 Å². The average Bonchev–Trinajstić information content (AvgIpc) is 2.52. The molecule has 0 aliphatic heterocycles. The molecule has 23 heavy (non-hydrogen) atoms. The Morgan fingerprint density at radius 2 is 2.17 bits per heavy atom. The number of amides is 1. The number of nitrogens with zero attached hydrogens (tertiary/aromatic N) is 2. The number of benzene rings is 1. The van der Waals surface area contributed by atoms with Crippen molar-refractivity contribution in [1.82, 2.24) is 10.5 Å². The maximum absolute atomic E-state index is 13.4. The molecule has 118 valence electrons.